The SMILES string of the molecule is Cc1ccc(/C=C2/SC(=Nc3ccc(Br)cc3)NC2=O)cc1. The minimum Gasteiger partial charge on any atom is -0.300 e. The van der Waals surface area contributed by atoms with Gasteiger partial charge in [-0.2, -0.15) is 0 Å². The Kier molecular flexibility index (Phi) is 4.45. The third kappa shape index (κ3) is 3.67. The molecule has 0 radical (unpaired) electrons. The van der Waals surface area contributed by atoms with Crippen LogP contribution in [0.1, 0.15) is 11.1 Å². The van der Waals surface area contributed by atoms with Crippen molar-refractivity contribution >= 4 is 50.5 Å². The summed E-state index contributed by atoms with van der Waals surface area (Å²) in [6.45, 7) is 2.04. The van der Waals surface area contributed by atoms with Crippen LogP contribution in [0.15, 0.2) is 62.9 Å². The lowest BCUT2D eigenvalue weighted by molar-refractivity contribution is -0.115. The van der Waals surface area contributed by atoms with E-state index in [2.05, 4.69) is 26.2 Å². The Bertz CT molecular complexity index is 764. The highest BCUT2D eigenvalue weighted by atomic mass is 79.9. The smallest absolute Gasteiger partial charge is 0.264 e. The number of amidine groups is 1. The molecule has 0 unspecified atom stereocenters. The zero-order valence-corrected chi connectivity index (χ0v) is 14.2. The molecule has 2 aromatic rings. The lowest BCUT2D eigenvalue weighted by atomic mass is 10.1. The molecule has 0 aliphatic carbocycles. The molecule has 1 N–H and O–H groups in total. The van der Waals surface area contributed by atoms with Crippen LogP contribution in [0.5, 0.6) is 0 Å². The Balaban J connectivity index is 1.80. The molecule has 1 amide bonds. The number of rotatable bonds is 2. The van der Waals surface area contributed by atoms with Gasteiger partial charge in [0.1, 0.15) is 0 Å². The normalized spacial score (nSPS) is 18.0. The van der Waals surface area contributed by atoms with Gasteiger partial charge in [-0.15, -0.1) is 0 Å². The Morgan fingerprint density at radius 1 is 1.09 bits per heavy atom. The highest BCUT2D eigenvalue weighted by molar-refractivity contribution is 9.10. The van der Waals surface area contributed by atoms with Gasteiger partial charge in [-0.05, 0) is 54.6 Å². The molecule has 0 aromatic heterocycles. The van der Waals surface area contributed by atoms with E-state index in [0.717, 1.165) is 15.7 Å². The molecule has 2 aromatic carbocycles. The highest BCUT2D eigenvalue weighted by Crippen LogP contribution is 2.28. The Morgan fingerprint density at radius 3 is 2.45 bits per heavy atom. The second-order valence-electron chi connectivity index (χ2n) is 4.87. The number of nitrogens with one attached hydrogen (secondary N) is 1. The van der Waals surface area contributed by atoms with Crippen LogP contribution in [0.3, 0.4) is 0 Å². The van der Waals surface area contributed by atoms with Gasteiger partial charge in [0.2, 0.25) is 0 Å². The summed E-state index contributed by atoms with van der Waals surface area (Å²) in [4.78, 5) is 17.1. The van der Waals surface area contributed by atoms with E-state index in [1.54, 1.807) is 0 Å². The number of carbonyl (C=O) groups excluding carboxylic acids is 1. The van der Waals surface area contributed by atoms with Crippen LogP contribution in [0, 0.1) is 6.92 Å². The molecule has 3 nitrogen and oxygen atoms in total. The Hall–Kier alpha value is -1.85. The van der Waals surface area contributed by atoms with Crippen molar-refractivity contribution in [3.05, 3.63) is 69.0 Å². The van der Waals surface area contributed by atoms with E-state index < -0.39 is 0 Å². The molecule has 0 bridgehead atoms. The maximum Gasteiger partial charge on any atom is 0.264 e. The summed E-state index contributed by atoms with van der Waals surface area (Å²) in [5.74, 6) is -0.110. The summed E-state index contributed by atoms with van der Waals surface area (Å²) in [6.07, 6.45) is 1.88. The van der Waals surface area contributed by atoms with Gasteiger partial charge in [-0.1, -0.05) is 45.8 Å². The molecule has 22 heavy (non-hydrogen) atoms. The number of aryl methyl sites for hydroxylation is 1. The molecule has 0 spiro atoms. The Morgan fingerprint density at radius 2 is 1.77 bits per heavy atom. The topological polar surface area (TPSA) is 41.5 Å². The fourth-order valence-corrected chi connectivity index (χ4v) is 3.03. The number of halogens is 1. The van der Waals surface area contributed by atoms with Gasteiger partial charge in [-0.3, -0.25) is 4.79 Å². The number of benzene rings is 2. The van der Waals surface area contributed by atoms with E-state index in [0.29, 0.717) is 10.1 Å². The average molecular weight is 373 g/mol. The van der Waals surface area contributed by atoms with Crippen LogP contribution in [0.2, 0.25) is 0 Å². The van der Waals surface area contributed by atoms with Gasteiger partial charge in [0.05, 0.1) is 10.6 Å². The second kappa shape index (κ2) is 6.50. The molecule has 1 heterocycles. The third-order valence-electron chi connectivity index (χ3n) is 3.08. The van der Waals surface area contributed by atoms with Crippen LogP contribution in [-0.2, 0) is 4.79 Å². The first kappa shape index (κ1) is 15.1. The predicted molar refractivity (Wildman–Crippen MR) is 96.1 cm³/mol. The fraction of sp³-hybridized carbons (Fsp3) is 0.0588. The predicted octanol–water partition coefficient (Wildman–Crippen LogP) is 4.65. The molecule has 1 saturated heterocycles. The summed E-state index contributed by atoms with van der Waals surface area (Å²) in [7, 11) is 0. The molecule has 110 valence electrons. The van der Waals surface area contributed by atoms with Gasteiger partial charge < -0.3 is 5.32 Å². The number of thioether (sulfide) groups is 1. The average Bonchev–Trinajstić information content (AvgIpc) is 2.84. The minimum absolute atomic E-state index is 0.110. The summed E-state index contributed by atoms with van der Waals surface area (Å²) in [5.41, 5.74) is 3.01. The van der Waals surface area contributed by atoms with Crippen LogP contribution < -0.4 is 5.32 Å². The van der Waals surface area contributed by atoms with Crippen LogP contribution in [0.4, 0.5) is 5.69 Å². The van der Waals surface area contributed by atoms with Crippen molar-refractivity contribution < 1.29 is 4.79 Å². The summed E-state index contributed by atoms with van der Waals surface area (Å²) < 4.78 is 1.000. The third-order valence-corrected chi connectivity index (χ3v) is 4.52. The molecule has 3 rings (SSSR count). The number of aliphatic imine (C=N–C) groups is 1. The number of hydrogen-bond acceptors (Lipinski definition) is 3. The van der Waals surface area contributed by atoms with Gasteiger partial charge in [0, 0.05) is 4.47 Å². The first-order valence-corrected chi connectivity index (χ1v) is 8.33. The lowest BCUT2D eigenvalue weighted by Crippen LogP contribution is -2.19. The van der Waals surface area contributed by atoms with E-state index in [9.17, 15) is 4.79 Å². The van der Waals surface area contributed by atoms with E-state index in [-0.39, 0.29) is 5.91 Å². The maximum atomic E-state index is 12.0. The molecule has 1 fully saturated rings. The minimum atomic E-state index is -0.110. The first-order chi connectivity index (χ1) is 10.6. The molecular formula is C17H13BrN2OS. The monoisotopic (exact) mass is 372 g/mol. The van der Waals surface area contributed by atoms with Gasteiger partial charge >= 0.3 is 0 Å². The van der Waals surface area contributed by atoms with Gasteiger partial charge in [0.15, 0.2) is 5.17 Å². The van der Waals surface area contributed by atoms with Crippen molar-refractivity contribution in [1.29, 1.82) is 0 Å². The molecule has 0 atom stereocenters. The van der Waals surface area contributed by atoms with E-state index >= 15 is 0 Å². The molecule has 1 aliphatic rings. The Labute approximate surface area is 141 Å². The first-order valence-electron chi connectivity index (χ1n) is 6.72. The van der Waals surface area contributed by atoms with E-state index in [1.807, 2.05) is 61.5 Å². The zero-order valence-electron chi connectivity index (χ0n) is 11.8. The number of nitrogens with zero attached hydrogens (tertiary/aromatic N) is 1. The molecule has 5 heteroatoms. The van der Waals surface area contributed by atoms with Crippen molar-refractivity contribution in [2.75, 3.05) is 0 Å². The van der Waals surface area contributed by atoms with Crippen molar-refractivity contribution in [1.82, 2.24) is 5.32 Å². The fourth-order valence-electron chi connectivity index (χ4n) is 1.93. The zero-order chi connectivity index (χ0) is 15.5. The van der Waals surface area contributed by atoms with Crippen LogP contribution in [-0.4, -0.2) is 11.1 Å². The lowest BCUT2D eigenvalue weighted by Gasteiger charge is -1.96. The second-order valence-corrected chi connectivity index (χ2v) is 6.82. The van der Waals surface area contributed by atoms with Gasteiger partial charge in [0.25, 0.3) is 5.91 Å². The number of hydrogen-bond donors (Lipinski definition) is 1. The van der Waals surface area contributed by atoms with Crippen LogP contribution in [0.25, 0.3) is 6.08 Å². The standard InChI is InChI=1S/C17H13BrN2OS/c1-11-2-4-12(5-3-11)10-15-16(21)20-17(22-15)19-14-8-6-13(18)7-9-14/h2-10H,1H3,(H,19,20,21)/b15-10+. The molecule has 1 aliphatic heterocycles. The number of amides is 1. The van der Waals surface area contributed by atoms with Crippen LogP contribution >= 0.6 is 27.7 Å². The van der Waals surface area contributed by atoms with Crippen molar-refractivity contribution in [2.24, 2.45) is 4.99 Å². The molecular weight excluding hydrogens is 360 g/mol. The van der Waals surface area contributed by atoms with Crippen molar-refractivity contribution in [3.8, 4) is 0 Å². The summed E-state index contributed by atoms with van der Waals surface area (Å²) >= 11 is 4.74. The van der Waals surface area contributed by atoms with Crippen molar-refractivity contribution in [3.63, 3.8) is 0 Å². The highest BCUT2D eigenvalue weighted by Gasteiger charge is 2.23. The largest absolute Gasteiger partial charge is 0.300 e. The molecule has 0 saturated carbocycles. The summed E-state index contributed by atoms with van der Waals surface area (Å²) in [5, 5.41) is 3.40. The van der Waals surface area contributed by atoms with E-state index in [1.165, 1.54) is 17.3 Å². The number of carbonyl (C=O) groups is 1. The maximum absolute atomic E-state index is 12.0. The van der Waals surface area contributed by atoms with E-state index in [4.69, 9.17) is 0 Å². The quantitative estimate of drug-likeness (QED) is 0.779. The van der Waals surface area contributed by atoms with Gasteiger partial charge in [-0.25, -0.2) is 4.99 Å². The summed E-state index contributed by atoms with van der Waals surface area (Å²) in [6, 6.07) is 15.7. The van der Waals surface area contributed by atoms with Crippen molar-refractivity contribution in [2.45, 2.75) is 6.92 Å².